The van der Waals surface area contributed by atoms with E-state index in [1.165, 1.54) is 0 Å². The minimum atomic E-state index is -0.996. The molecule has 0 spiro atoms. The molecular formula is C9H15N3O2. The van der Waals surface area contributed by atoms with Crippen LogP contribution in [-0.4, -0.2) is 26.7 Å². The summed E-state index contributed by atoms with van der Waals surface area (Å²) in [6.45, 7) is 4.06. The summed E-state index contributed by atoms with van der Waals surface area (Å²) in [4.78, 5) is 14.6. The van der Waals surface area contributed by atoms with Crippen LogP contribution in [0.25, 0.3) is 0 Å². The van der Waals surface area contributed by atoms with E-state index in [0.29, 0.717) is 11.7 Å². The summed E-state index contributed by atoms with van der Waals surface area (Å²) in [6.07, 6.45) is 3.79. The fraction of sp³-hybridized carbons (Fsp3) is 0.556. The van der Waals surface area contributed by atoms with Gasteiger partial charge in [-0.1, -0.05) is 0 Å². The summed E-state index contributed by atoms with van der Waals surface area (Å²) < 4.78 is 1.92. The second kappa shape index (κ2) is 4.23. The number of carbonyl (C=O) groups is 1. The molecule has 0 amide bonds. The number of carboxylic acids is 1. The van der Waals surface area contributed by atoms with Crippen LogP contribution in [-0.2, 0) is 11.2 Å². The molecule has 0 fully saturated rings. The van der Waals surface area contributed by atoms with Crippen molar-refractivity contribution in [3.05, 3.63) is 18.2 Å². The lowest BCUT2D eigenvalue weighted by molar-refractivity contribution is -0.138. The number of rotatable bonds is 4. The molecule has 0 unspecified atom stereocenters. The Kier molecular flexibility index (Phi) is 3.24. The fourth-order valence-corrected chi connectivity index (χ4v) is 1.08. The first-order valence-corrected chi connectivity index (χ1v) is 4.51. The maximum Gasteiger partial charge on any atom is 0.320 e. The van der Waals surface area contributed by atoms with Gasteiger partial charge in [-0.25, -0.2) is 4.98 Å². The van der Waals surface area contributed by atoms with Crippen LogP contribution in [0, 0.1) is 0 Å². The highest BCUT2D eigenvalue weighted by atomic mass is 16.4. The van der Waals surface area contributed by atoms with E-state index in [9.17, 15) is 4.79 Å². The Labute approximate surface area is 82.6 Å². The minimum absolute atomic E-state index is 0.273. The van der Waals surface area contributed by atoms with Crippen molar-refractivity contribution >= 4 is 5.97 Å². The van der Waals surface area contributed by atoms with Crippen molar-refractivity contribution in [3.63, 3.8) is 0 Å². The molecule has 5 heteroatoms. The van der Waals surface area contributed by atoms with Gasteiger partial charge in [0.2, 0.25) is 0 Å². The molecule has 0 saturated heterocycles. The Bertz CT molecular complexity index is 320. The summed E-state index contributed by atoms with van der Waals surface area (Å²) in [7, 11) is 0. The number of hydrogen-bond acceptors (Lipinski definition) is 3. The molecule has 1 rings (SSSR count). The minimum Gasteiger partial charge on any atom is -0.480 e. The molecule has 14 heavy (non-hydrogen) atoms. The number of nitrogens with zero attached hydrogens (tertiary/aromatic N) is 2. The topological polar surface area (TPSA) is 81.1 Å². The fourth-order valence-electron chi connectivity index (χ4n) is 1.08. The first kappa shape index (κ1) is 10.7. The third kappa shape index (κ3) is 2.56. The van der Waals surface area contributed by atoms with Gasteiger partial charge < -0.3 is 15.4 Å². The Morgan fingerprint density at radius 1 is 1.71 bits per heavy atom. The zero-order chi connectivity index (χ0) is 10.7. The molecular weight excluding hydrogens is 182 g/mol. The number of imidazole rings is 1. The summed E-state index contributed by atoms with van der Waals surface area (Å²) in [5.41, 5.74) is 6.10. The Hall–Kier alpha value is -1.36. The first-order chi connectivity index (χ1) is 6.50. The maximum atomic E-state index is 10.5. The number of aromatic nitrogens is 2. The molecule has 0 aliphatic rings. The van der Waals surface area contributed by atoms with E-state index in [0.717, 1.165) is 0 Å². The normalized spacial score (nSPS) is 13.1. The van der Waals surface area contributed by atoms with E-state index in [1.54, 1.807) is 6.33 Å². The van der Waals surface area contributed by atoms with Crippen LogP contribution in [0.2, 0.25) is 0 Å². The molecule has 0 aromatic carbocycles. The van der Waals surface area contributed by atoms with Gasteiger partial charge in [0.05, 0.1) is 12.0 Å². The van der Waals surface area contributed by atoms with Crippen LogP contribution in [0.15, 0.2) is 12.5 Å². The zero-order valence-corrected chi connectivity index (χ0v) is 8.34. The van der Waals surface area contributed by atoms with Crippen LogP contribution in [0.3, 0.4) is 0 Å². The van der Waals surface area contributed by atoms with Crippen molar-refractivity contribution in [1.82, 2.24) is 9.55 Å². The van der Waals surface area contributed by atoms with Gasteiger partial charge in [-0.2, -0.15) is 0 Å². The van der Waals surface area contributed by atoms with Gasteiger partial charge in [0.1, 0.15) is 6.04 Å². The number of nitrogens with two attached hydrogens (primary N) is 1. The highest BCUT2D eigenvalue weighted by molar-refractivity contribution is 5.73. The molecule has 0 aliphatic heterocycles. The predicted octanol–water partition coefficient (Wildman–Crippen LogP) is 0.418. The number of aliphatic carboxylic acids is 1. The lowest BCUT2D eigenvalue weighted by atomic mass is 10.2. The highest BCUT2D eigenvalue weighted by Crippen LogP contribution is 2.06. The summed E-state index contributed by atoms with van der Waals surface area (Å²) in [5, 5.41) is 8.60. The molecule has 3 N–H and O–H groups in total. The van der Waals surface area contributed by atoms with Gasteiger partial charge >= 0.3 is 5.97 Å². The van der Waals surface area contributed by atoms with Crippen molar-refractivity contribution in [2.24, 2.45) is 5.73 Å². The van der Waals surface area contributed by atoms with Crippen LogP contribution in [0.4, 0.5) is 0 Å². The highest BCUT2D eigenvalue weighted by Gasteiger charge is 2.13. The summed E-state index contributed by atoms with van der Waals surface area (Å²) in [5.74, 6) is -0.996. The van der Waals surface area contributed by atoms with E-state index in [-0.39, 0.29) is 6.42 Å². The number of carboxylic acid groups (broad SMARTS) is 1. The lowest BCUT2D eigenvalue weighted by Gasteiger charge is -2.05. The molecule has 78 valence electrons. The van der Waals surface area contributed by atoms with Gasteiger partial charge in [0, 0.05) is 18.7 Å². The van der Waals surface area contributed by atoms with Crippen molar-refractivity contribution in [2.45, 2.75) is 32.4 Å². The molecule has 0 radical (unpaired) electrons. The molecule has 0 aliphatic carbocycles. The molecule has 5 nitrogen and oxygen atoms in total. The van der Waals surface area contributed by atoms with Gasteiger partial charge in [-0.15, -0.1) is 0 Å². The van der Waals surface area contributed by atoms with E-state index in [1.807, 2.05) is 24.6 Å². The van der Waals surface area contributed by atoms with Crippen LogP contribution in [0.1, 0.15) is 25.6 Å². The van der Waals surface area contributed by atoms with Gasteiger partial charge in [0.25, 0.3) is 0 Å². The first-order valence-electron chi connectivity index (χ1n) is 4.51. The second-order valence-corrected chi connectivity index (χ2v) is 3.55. The van der Waals surface area contributed by atoms with Crippen molar-refractivity contribution in [1.29, 1.82) is 0 Å². The third-order valence-electron chi connectivity index (χ3n) is 2.00. The largest absolute Gasteiger partial charge is 0.480 e. The summed E-state index contributed by atoms with van der Waals surface area (Å²) >= 11 is 0. The van der Waals surface area contributed by atoms with Crippen LogP contribution in [0.5, 0.6) is 0 Å². The second-order valence-electron chi connectivity index (χ2n) is 3.55. The van der Waals surface area contributed by atoms with E-state index < -0.39 is 12.0 Å². The average Bonchev–Trinajstić information content (AvgIpc) is 2.52. The predicted molar refractivity (Wildman–Crippen MR) is 51.9 cm³/mol. The third-order valence-corrected chi connectivity index (χ3v) is 2.00. The molecule has 1 aromatic rings. The molecule has 1 atom stereocenters. The van der Waals surface area contributed by atoms with Crippen molar-refractivity contribution in [3.8, 4) is 0 Å². The van der Waals surface area contributed by atoms with Gasteiger partial charge in [0.15, 0.2) is 0 Å². The Morgan fingerprint density at radius 2 is 2.36 bits per heavy atom. The smallest absolute Gasteiger partial charge is 0.320 e. The van der Waals surface area contributed by atoms with Gasteiger partial charge in [-0.05, 0) is 13.8 Å². The Balaban J connectivity index is 2.64. The monoisotopic (exact) mass is 197 g/mol. The van der Waals surface area contributed by atoms with E-state index in [2.05, 4.69) is 4.98 Å². The lowest BCUT2D eigenvalue weighted by Crippen LogP contribution is -2.32. The van der Waals surface area contributed by atoms with Gasteiger partial charge in [-0.3, -0.25) is 4.79 Å². The zero-order valence-electron chi connectivity index (χ0n) is 8.34. The van der Waals surface area contributed by atoms with Crippen molar-refractivity contribution < 1.29 is 9.90 Å². The van der Waals surface area contributed by atoms with Crippen LogP contribution >= 0.6 is 0 Å². The van der Waals surface area contributed by atoms with E-state index >= 15 is 0 Å². The SMILES string of the molecule is CC(C)n1cnc(C[C@@H](N)C(=O)O)c1. The number of hydrogen-bond donors (Lipinski definition) is 2. The van der Waals surface area contributed by atoms with Crippen LogP contribution < -0.4 is 5.73 Å². The molecule has 0 saturated carbocycles. The molecule has 1 heterocycles. The molecule has 0 bridgehead atoms. The summed E-state index contributed by atoms with van der Waals surface area (Å²) in [6, 6.07) is -0.539. The standard InChI is InChI=1S/C9H15N3O2/c1-6(2)12-4-7(11-5-12)3-8(10)9(13)14/h4-6,8H,3,10H2,1-2H3,(H,13,14)/t8-/m1/s1. The van der Waals surface area contributed by atoms with Crippen molar-refractivity contribution in [2.75, 3.05) is 0 Å². The molecule has 1 aromatic heterocycles. The van der Waals surface area contributed by atoms with E-state index in [4.69, 9.17) is 10.8 Å². The maximum absolute atomic E-state index is 10.5. The quantitative estimate of drug-likeness (QED) is 0.732. The Morgan fingerprint density at radius 3 is 2.79 bits per heavy atom. The average molecular weight is 197 g/mol.